The third-order valence-corrected chi connectivity index (χ3v) is 3.07. The Kier molecular flexibility index (Phi) is 5.31. The number of benzene rings is 1. The zero-order valence-electron chi connectivity index (χ0n) is 12.4. The third kappa shape index (κ3) is 4.52. The standard InChI is InChI=1S/C16H23NO2/c1-12(2)14(18)11-15(16(3,4)19-5)17-13-9-7-6-8-10-13/h6-12,17H,1-5H3/b15-11-. The average molecular weight is 261 g/mol. The molecule has 0 fully saturated rings. The molecule has 3 nitrogen and oxygen atoms in total. The maximum absolute atomic E-state index is 11.9. The summed E-state index contributed by atoms with van der Waals surface area (Å²) >= 11 is 0. The van der Waals surface area contributed by atoms with Crippen molar-refractivity contribution in [1.82, 2.24) is 0 Å². The first-order valence-electron chi connectivity index (χ1n) is 6.50. The van der Waals surface area contributed by atoms with E-state index in [4.69, 9.17) is 4.74 Å². The Labute approximate surface area is 115 Å². The van der Waals surface area contributed by atoms with Gasteiger partial charge in [-0.1, -0.05) is 32.0 Å². The lowest BCUT2D eigenvalue weighted by molar-refractivity contribution is -0.117. The van der Waals surface area contributed by atoms with Crippen LogP contribution in [-0.4, -0.2) is 18.5 Å². The average Bonchev–Trinajstić information content (AvgIpc) is 2.38. The van der Waals surface area contributed by atoms with Gasteiger partial charge >= 0.3 is 0 Å². The van der Waals surface area contributed by atoms with E-state index in [9.17, 15) is 4.79 Å². The topological polar surface area (TPSA) is 38.3 Å². The fourth-order valence-corrected chi connectivity index (χ4v) is 1.46. The number of hydrogen-bond donors (Lipinski definition) is 1. The van der Waals surface area contributed by atoms with Crippen LogP contribution in [0.4, 0.5) is 5.69 Å². The Morgan fingerprint density at radius 2 is 1.84 bits per heavy atom. The Bertz CT molecular complexity index is 447. The van der Waals surface area contributed by atoms with Crippen LogP contribution in [0.15, 0.2) is 42.1 Å². The highest BCUT2D eigenvalue weighted by Crippen LogP contribution is 2.23. The van der Waals surface area contributed by atoms with Crippen molar-refractivity contribution < 1.29 is 9.53 Å². The number of ether oxygens (including phenoxy) is 1. The summed E-state index contributed by atoms with van der Waals surface area (Å²) in [4.78, 5) is 11.9. The van der Waals surface area contributed by atoms with E-state index in [1.54, 1.807) is 13.2 Å². The maximum Gasteiger partial charge on any atom is 0.160 e. The van der Waals surface area contributed by atoms with Gasteiger partial charge in [0.1, 0.15) is 5.60 Å². The van der Waals surface area contributed by atoms with E-state index >= 15 is 0 Å². The van der Waals surface area contributed by atoms with Gasteiger partial charge in [0.05, 0.1) is 5.70 Å². The van der Waals surface area contributed by atoms with E-state index in [1.165, 1.54) is 0 Å². The molecule has 3 heteroatoms. The van der Waals surface area contributed by atoms with Crippen molar-refractivity contribution in [1.29, 1.82) is 0 Å². The number of anilines is 1. The van der Waals surface area contributed by atoms with E-state index in [1.807, 2.05) is 58.0 Å². The summed E-state index contributed by atoms with van der Waals surface area (Å²) in [6.45, 7) is 7.64. The molecule has 0 heterocycles. The third-order valence-electron chi connectivity index (χ3n) is 3.07. The summed E-state index contributed by atoms with van der Waals surface area (Å²) in [6.07, 6.45) is 1.64. The molecule has 1 rings (SSSR count). The number of carbonyl (C=O) groups is 1. The Morgan fingerprint density at radius 1 is 1.26 bits per heavy atom. The molecule has 0 atom stereocenters. The van der Waals surface area contributed by atoms with Crippen LogP contribution < -0.4 is 5.32 Å². The number of rotatable bonds is 6. The molecular formula is C16H23NO2. The molecule has 0 spiro atoms. The molecule has 0 amide bonds. The summed E-state index contributed by atoms with van der Waals surface area (Å²) < 4.78 is 5.47. The van der Waals surface area contributed by atoms with Crippen molar-refractivity contribution in [2.45, 2.75) is 33.3 Å². The van der Waals surface area contributed by atoms with Crippen LogP contribution in [-0.2, 0) is 9.53 Å². The van der Waals surface area contributed by atoms with Crippen LogP contribution in [0.25, 0.3) is 0 Å². The fraction of sp³-hybridized carbons (Fsp3) is 0.438. The van der Waals surface area contributed by atoms with Crippen molar-refractivity contribution in [3.05, 3.63) is 42.1 Å². The second-order valence-electron chi connectivity index (χ2n) is 5.32. The van der Waals surface area contributed by atoms with Crippen LogP contribution in [0.5, 0.6) is 0 Å². The number of nitrogens with one attached hydrogen (secondary N) is 1. The van der Waals surface area contributed by atoms with Gasteiger partial charge in [-0.15, -0.1) is 0 Å². The summed E-state index contributed by atoms with van der Waals surface area (Å²) in [5.74, 6) is 0.0591. The first kappa shape index (κ1) is 15.4. The SMILES string of the molecule is COC(C)(C)/C(=C/C(=O)C(C)C)Nc1ccccc1. The summed E-state index contributed by atoms with van der Waals surface area (Å²) in [5, 5.41) is 3.27. The van der Waals surface area contributed by atoms with Crippen LogP contribution in [0.3, 0.4) is 0 Å². The van der Waals surface area contributed by atoms with E-state index in [0.29, 0.717) is 0 Å². The van der Waals surface area contributed by atoms with Crippen molar-refractivity contribution >= 4 is 11.5 Å². The molecule has 0 saturated heterocycles. The number of allylic oxidation sites excluding steroid dienone is 1. The van der Waals surface area contributed by atoms with Gasteiger partial charge in [-0.05, 0) is 26.0 Å². The normalized spacial score (nSPS) is 12.6. The number of carbonyl (C=O) groups excluding carboxylic acids is 1. The maximum atomic E-state index is 11.9. The largest absolute Gasteiger partial charge is 0.373 e. The van der Waals surface area contributed by atoms with Crippen LogP contribution in [0.1, 0.15) is 27.7 Å². The molecule has 0 aromatic heterocycles. The van der Waals surface area contributed by atoms with Gasteiger partial charge in [0.25, 0.3) is 0 Å². The molecule has 1 aromatic rings. The molecule has 1 aromatic carbocycles. The quantitative estimate of drug-likeness (QED) is 0.795. The fourth-order valence-electron chi connectivity index (χ4n) is 1.46. The molecule has 19 heavy (non-hydrogen) atoms. The lowest BCUT2D eigenvalue weighted by Gasteiger charge is -2.27. The van der Waals surface area contributed by atoms with Crippen molar-refractivity contribution in [3.63, 3.8) is 0 Å². The molecule has 0 radical (unpaired) electrons. The minimum Gasteiger partial charge on any atom is -0.373 e. The molecular weight excluding hydrogens is 238 g/mol. The monoisotopic (exact) mass is 261 g/mol. The minimum absolute atomic E-state index is 0.0276. The summed E-state index contributed by atoms with van der Waals surface area (Å²) in [5.41, 5.74) is 1.16. The van der Waals surface area contributed by atoms with Gasteiger partial charge < -0.3 is 10.1 Å². The highest BCUT2D eigenvalue weighted by atomic mass is 16.5. The van der Waals surface area contributed by atoms with Gasteiger partial charge in [0.15, 0.2) is 5.78 Å². The number of hydrogen-bond acceptors (Lipinski definition) is 3. The predicted octanol–water partition coefficient (Wildman–Crippen LogP) is 3.63. The Balaban J connectivity index is 3.04. The van der Waals surface area contributed by atoms with Gasteiger partial charge in [-0.2, -0.15) is 0 Å². The molecule has 104 valence electrons. The second-order valence-corrected chi connectivity index (χ2v) is 5.32. The van der Waals surface area contributed by atoms with E-state index in [0.717, 1.165) is 11.4 Å². The number of para-hydroxylation sites is 1. The Hall–Kier alpha value is -1.61. The zero-order valence-corrected chi connectivity index (χ0v) is 12.4. The van der Waals surface area contributed by atoms with Gasteiger partial charge in [-0.25, -0.2) is 0 Å². The van der Waals surface area contributed by atoms with E-state index in [2.05, 4.69) is 5.32 Å². The lowest BCUT2D eigenvalue weighted by atomic mass is 10.00. The molecule has 1 N–H and O–H groups in total. The van der Waals surface area contributed by atoms with Crippen LogP contribution >= 0.6 is 0 Å². The van der Waals surface area contributed by atoms with Gasteiger partial charge in [0.2, 0.25) is 0 Å². The first-order chi connectivity index (χ1) is 8.86. The number of ketones is 1. The molecule has 0 aliphatic rings. The summed E-state index contributed by atoms with van der Waals surface area (Å²) in [7, 11) is 1.64. The molecule has 0 aliphatic carbocycles. The second kappa shape index (κ2) is 6.53. The zero-order chi connectivity index (χ0) is 14.5. The first-order valence-corrected chi connectivity index (χ1v) is 6.50. The Morgan fingerprint density at radius 3 is 2.32 bits per heavy atom. The van der Waals surface area contributed by atoms with Crippen molar-refractivity contribution in [2.75, 3.05) is 12.4 Å². The van der Waals surface area contributed by atoms with E-state index < -0.39 is 5.60 Å². The highest BCUT2D eigenvalue weighted by Gasteiger charge is 2.24. The molecule has 0 saturated carbocycles. The van der Waals surface area contributed by atoms with Gasteiger partial charge in [-0.3, -0.25) is 4.79 Å². The van der Waals surface area contributed by atoms with Crippen LogP contribution in [0.2, 0.25) is 0 Å². The highest BCUT2D eigenvalue weighted by molar-refractivity contribution is 5.92. The van der Waals surface area contributed by atoms with Crippen LogP contribution in [0, 0.1) is 5.92 Å². The lowest BCUT2D eigenvalue weighted by Crippen LogP contribution is -2.31. The minimum atomic E-state index is -0.541. The molecule has 0 bridgehead atoms. The molecule has 0 unspecified atom stereocenters. The van der Waals surface area contributed by atoms with Crippen molar-refractivity contribution in [3.8, 4) is 0 Å². The molecule has 0 aliphatic heterocycles. The van der Waals surface area contributed by atoms with Gasteiger partial charge in [0, 0.05) is 24.8 Å². The number of methoxy groups -OCH3 is 1. The summed E-state index contributed by atoms with van der Waals surface area (Å²) in [6, 6.07) is 9.77. The smallest absolute Gasteiger partial charge is 0.160 e. The van der Waals surface area contributed by atoms with E-state index in [-0.39, 0.29) is 11.7 Å². The van der Waals surface area contributed by atoms with Crippen molar-refractivity contribution in [2.24, 2.45) is 5.92 Å². The predicted molar refractivity (Wildman–Crippen MR) is 79.1 cm³/mol.